The fourth-order valence-corrected chi connectivity index (χ4v) is 1.64. The quantitative estimate of drug-likeness (QED) is 0.783. The van der Waals surface area contributed by atoms with Gasteiger partial charge in [0.2, 0.25) is 0 Å². The van der Waals surface area contributed by atoms with E-state index in [2.05, 4.69) is 29.1 Å². The number of nitrogens with zero attached hydrogens (tertiary/aromatic N) is 2. The predicted octanol–water partition coefficient (Wildman–Crippen LogP) is 2.03. The number of rotatable bonds is 5. The molecule has 1 heterocycles. The van der Waals surface area contributed by atoms with Crippen LogP contribution in [-0.4, -0.2) is 27.5 Å². The summed E-state index contributed by atoms with van der Waals surface area (Å²) in [6, 6.07) is 2.34. The lowest BCUT2D eigenvalue weighted by Gasteiger charge is -2.12. The standard InChI is InChI=1S/C9H15N3S/c1-3-13-6-8(2)12-9-4-5-10-7-11-9/h4-5,7-8H,3,6H2,1-2H3,(H,10,11,12). The van der Waals surface area contributed by atoms with E-state index in [4.69, 9.17) is 0 Å². The van der Waals surface area contributed by atoms with E-state index in [0.717, 1.165) is 17.3 Å². The second kappa shape index (κ2) is 5.80. The Morgan fingerprint density at radius 2 is 2.46 bits per heavy atom. The molecule has 0 aliphatic carbocycles. The first kappa shape index (κ1) is 10.3. The summed E-state index contributed by atoms with van der Waals surface area (Å²) in [5, 5.41) is 3.30. The number of hydrogen-bond donors (Lipinski definition) is 1. The second-order valence-electron chi connectivity index (χ2n) is 2.80. The largest absolute Gasteiger partial charge is 0.367 e. The molecule has 4 heteroatoms. The molecule has 0 aromatic carbocycles. The van der Waals surface area contributed by atoms with Crippen molar-refractivity contribution in [3.8, 4) is 0 Å². The molecule has 3 nitrogen and oxygen atoms in total. The van der Waals surface area contributed by atoms with E-state index in [-0.39, 0.29) is 0 Å². The molecule has 0 radical (unpaired) electrons. The summed E-state index contributed by atoms with van der Waals surface area (Å²) < 4.78 is 0. The van der Waals surface area contributed by atoms with Crippen molar-refractivity contribution in [1.82, 2.24) is 9.97 Å². The molecule has 1 N–H and O–H groups in total. The van der Waals surface area contributed by atoms with Crippen LogP contribution in [0, 0.1) is 0 Å². The van der Waals surface area contributed by atoms with Gasteiger partial charge in [0.1, 0.15) is 12.1 Å². The highest BCUT2D eigenvalue weighted by Crippen LogP contribution is 2.06. The molecule has 0 bridgehead atoms. The van der Waals surface area contributed by atoms with Gasteiger partial charge in [-0.1, -0.05) is 6.92 Å². The van der Waals surface area contributed by atoms with Gasteiger partial charge in [-0.3, -0.25) is 0 Å². The number of nitrogens with one attached hydrogen (secondary N) is 1. The van der Waals surface area contributed by atoms with Gasteiger partial charge in [0.15, 0.2) is 0 Å². The molecule has 0 spiro atoms. The lowest BCUT2D eigenvalue weighted by atomic mass is 10.4. The van der Waals surface area contributed by atoms with Gasteiger partial charge in [0.05, 0.1) is 0 Å². The topological polar surface area (TPSA) is 37.8 Å². The third kappa shape index (κ3) is 4.12. The van der Waals surface area contributed by atoms with E-state index in [1.807, 2.05) is 17.8 Å². The molecule has 0 saturated carbocycles. The number of thioether (sulfide) groups is 1. The summed E-state index contributed by atoms with van der Waals surface area (Å²) in [6.45, 7) is 4.33. The van der Waals surface area contributed by atoms with Gasteiger partial charge in [-0.15, -0.1) is 0 Å². The van der Waals surface area contributed by atoms with Crippen molar-refractivity contribution in [3.05, 3.63) is 18.6 Å². The minimum atomic E-state index is 0.458. The molecule has 13 heavy (non-hydrogen) atoms. The predicted molar refractivity (Wildman–Crippen MR) is 58.1 cm³/mol. The van der Waals surface area contributed by atoms with Crippen molar-refractivity contribution in [1.29, 1.82) is 0 Å². The Morgan fingerprint density at radius 3 is 3.08 bits per heavy atom. The van der Waals surface area contributed by atoms with Crippen molar-refractivity contribution in [2.24, 2.45) is 0 Å². The molecule has 1 unspecified atom stereocenters. The minimum Gasteiger partial charge on any atom is -0.367 e. The first-order chi connectivity index (χ1) is 6.33. The van der Waals surface area contributed by atoms with Crippen LogP contribution in [0.2, 0.25) is 0 Å². The highest BCUT2D eigenvalue weighted by molar-refractivity contribution is 7.99. The zero-order valence-corrected chi connectivity index (χ0v) is 8.84. The molecular weight excluding hydrogens is 182 g/mol. The van der Waals surface area contributed by atoms with Crippen molar-refractivity contribution in [2.75, 3.05) is 16.8 Å². The molecule has 0 amide bonds. The van der Waals surface area contributed by atoms with E-state index in [0.29, 0.717) is 6.04 Å². The average Bonchev–Trinajstić information content (AvgIpc) is 2.16. The summed E-state index contributed by atoms with van der Waals surface area (Å²) in [5.41, 5.74) is 0. The SMILES string of the molecule is CCSCC(C)Nc1ccncn1. The van der Waals surface area contributed by atoms with Crippen molar-refractivity contribution < 1.29 is 0 Å². The van der Waals surface area contributed by atoms with E-state index in [1.54, 1.807) is 12.5 Å². The normalized spacial score (nSPS) is 12.5. The van der Waals surface area contributed by atoms with Gasteiger partial charge in [-0.2, -0.15) is 11.8 Å². The monoisotopic (exact) mass is 197 g/mol. The lowest BCUT2D eigenvalue weighted by Crippen LogP contribution is -2.18. The lowest BCUT2D eigenvalue weighted by molar-refractivity contribution is 0.898. The molecule has 72 valence electrons. The Labute approximate surface area is 83.4 Å². The maximum absolute atomic E-state index is 4.10. The van der Waals surface area contributed by atoms with E-state index in [9.17, 15) is 0 Å². The van der Waals surface area contributed by atoms with Crippen LogP contribution in [0.15, 0.2) is 18.6 Å². The van der Waals surface area contributed by atoms with E-state index < -0.39 is 0 Å². The van der Waals surface area contributed by atoms with Gasteiger partial charge < -0.3 is 5.32 Å². The van der Waals surface area contributed by atoms with Crippen LogP contribution in [-0.2, 0) is 0 Å². The molecule has 1 atom stereocenters. The van der Waals surface area contributed by atoms with Crippen LogP contribution < -0.4 is 5.32 Å². The average molecular weight is 197 g/mol. The van der Waals surface area contributed by atoms with Gasteiger partial charge in [0, 0.05) is 18.0 Å². The smallest absolute Gasteiger partial charge is 0.129 e. The molecule has 1 rings (SSSR count). The summed E-state index contributed by atoms with van der Waals surface area (Å²) in [7, 11) is 0. The van der Waals surface area contributed by atoms with Gasteiger partial charge in [-0.05, 0) is 18.7 Å². The van der Waals surface area contributed by atoms with Crippen LogP contribution in [0.5, 0.6) is 0 Å². The van der Waals surface area contributed by atoms with Gasteiger partial charge in [0.25, 0.3) is 0 Å². The highest BCUT2D eigenvalue weighted by Gasteiger charge is 2.00. The van der Waals surface area contributed by atoms with Gasteiger partial charge >= 0.3 is 0 Å². The number of anilines is 1. The van der Waals surface area contributed by atoms with Gasteiger partial charge in [-0.25, -0.2) is 9.97 Å². The first-order valence-corrected chi connectivity index (χ1v) is 5.58. The Hall–Kier alpha value is -0.770. The fraction of sp³-hybridized carbons (Fsp3) is 0.556. The first-order valence-electron chi connectivity index (χ1n) is 4.43. The Bertz CT molecular complexity index is 228. The molecule has 1 aromatic heterocycles. The molecule has 0 fully saturated rings. The van der Waals surface area contributed by atoms with Crippen LogP contribution in [0.4, 0.5) is 5.82 Å². The molecule has 0 aliphatic heterocycles. The van der Waals surface area contributed by atoms with Crippen LogP contribution in [0.25, 0.3) is 0 Å². The second-order valence-corrected chi connectivity index (χ2v) is 4.12. The van der Waals surface area contributed by atoms with E-state index >= 15 is 0 Å². The Balaban J connectivity index is 2.32. The molecule has 0 aliphatic rings. The summed E-state index contributed by atoms with van der Waals surface area (Å²) in [4.78, 5) is 7.95. The van der Waals surface area contributed by atoms with Crippen LogP contribution >= 0.6 is 11.8 Å². The fourth-order valence-electron chi connectivity index (χ4n) is 0.965. The molecule has 1 aromatic rings. The van der Waals surface area contributed by atoms with Crippen LogP contribution in [0.3, 0.4) is 0 Å². The van der Waals surface area contributed by atoms with E-state index in [1.165, 1.54) is 0 Å². The molecule has 0 saturated heterocycles. The van der Waals surface area contributed by atoms with Crippen molar-refractivity contribution >= 4 is 17.6 Å². The Morgan fingerprint density at radius 1 is 1.62 bits per heavy atom. The number of hydrogen-bond acceptors (Lipinski definition) is 4. The zero-order valence-electron chi connectivity index (χ0n) is 8.03. The summed E-state index contributed by atoms with van der Waals surface area (Å²) in [6.07, 6.45) is 3.30. The minimum absolute atomic E-state index is 0.458. The van der Waals surface area contributed by atoms with Crippen molar-refractivity contribution in [2.45, 2.75) is 19.9 Å². The summed E-state index contributed by atoms with van der Waals surface area (Å²) >= 11 is 1.93. The van der Waals surface area contributed by atoms with Crippen LogP contribution in [0.1, 0.15) is 13.8 Å². The third-order valence-corrected chi connectivity index (χ3v) is 2.69. The highest BCUT2D eigenvalue weighted by atomic mass is 32.2. The Kier molecular flexibility index (Phi) is 4.60. The third-order valence-electron chi connectivity index (χ3n) is 1.55. The molecular formula is C9H15N3S. The van der Waals surface area contributed by atoms with Crippen molar-refractivity contribution in [3.63, 3.8) is 0 Å². The maximum Gasteiger partial charge on any atom is 0.129 e. The summed E-state index contributed by atoms with van der Waals surface area (Å²) in [5.74, 6) is 3.18. The zero-order chi connectivity index (χ0) is 9.52. The number of aromatic nitrogens is 2. The maximum atomic E-state index is 4.10.